The molecule has 1 aliphatic heterocycles. The maximum absolute atomic E-state index is 12.0. The standard InChI is InChI=1S/C20H9Cl2N3O5/c21-13-4-11-17(6-15(13)26)30-18-7-16(27)14(22)5-12(18)19(11)9-2-1-8(24-25-23)3-10(9)20(28)29/h1-7,26H,(H,28,29). The maximum atomic E-state index is 12.0. The Morgan fingerprint density at radius 3 is 2.53 bits per heavy atom. The van der Waals surface area contributed by atoms with Crippen molar-refractivity contribution in [2.75, 3.05) is 0 Å². The van der Waals surface area contributed by atoms with Gasteiger partial charge in [0.2, 0.25) is 5.43 Å². The van der Waals surface area contributed by atoms with E-state index < -0.39 is 11.4 Å². The Morgan fingerprint density at radius 1 is 1.07 bits per heavy atom. The number of benzene rings is 3. The number of hydrogen-bond donors (Lipinski definition) is 2. The molecule has 0 unspecified atom stereocenters. The predicted octanol–water partition coefficient (Wildman–Crippen LogP) is 6.22. The van der Waals surface area contributed by atoms with Gasteiger partial charge in [0.25, 0.3) is 0 Å². The van der Waals surface area contributed by atoms with Crippen LogP contribution in [0.25, 0.3) is 43.9 Å². The van der Waals surface area contributed by atoms with Gasteiger partial charge >= 0.3 is 5.97 Å². The summed E-state index contributed by atoms with van der Waals surface area (Å²) in [6.45, 7) is 0. The molecule has 2 N–H and O–H groups in total. The molecular formula is C20H9Cl2N3O5. The van der Waals surface area contributed by atoms with Crippen molar-refractivity contribution >= 4 is 45.8 Å². The highest BCUT2D eigenvalue weighted by Crippen LogP contribution is 2.44. The summed E-state index contributed by atoms with van der Waals surface area (Å²) in [5, 5.41) is 23.5. The molecule has 30 heavy (non-hydrogen) atoms. The molecule has 0 radical (unpaired) electrons. The normalized spacial score (nSPS) is 10.9. The fourth-order valence-corrected chi connectivity index (χ4v) is 3.56. The SMILES string of the molecule is [N-]=[N+]=Nc1ccc(-c2c3cc(Cl)c(=O)cc-3oc3cc(O)c(Cl)cc23)c(C(=O)O)c1. The van der Waals surface area contributed by atoms with E-state index >= 15 is 0 Å². The molecule has 2 aromatic carbocycles. The first kappa shape index (κ1) is 19.6. The van der Waals surface area contributed by atoms with Gasteiger partial charge in [-0.05, 0) is 29.3 Å². The third-order valence-electron chi connectivity index (χ3n) is 4.50. The van der Waals surface area contributed by atoms with E-state index in [4.69, 9.17) is 33.2 Å². The monoisotopic (exact) mass is 441 g/mol. The average molecular weight is 442 g/mol. The summed E-state index contributed by atoms with van der Waals surface area (Å²) in [5.74, 6) is -1.37. The molecule has 1 aliphatic carbocycles. The molecule has 0 saturated carbocycles. The van der Waals surface area contributed by atoms with Crippen molar-refractivity contribution in [3.05, 3.63) is 78.7 Å². The Hall–Kier alpha value is -3.71. The van der Waals surface area contributed by atoms with Crippen LogP contribution >= 0.6 is 23.2 Å². The number of rotatable bonds is 3. The van der Waals surface area contributed by atoms with Gasteiger partial charge in [0.1, 0.15) is 17.1 Å². The molecule has 148 valence electrons. The van der Waals surface area contributed by atoms with Crippen molar-refractivity contribution in [3.8, 4) is 28.2 Å². The molecule has 0 atom stereocenters. The second kappa shape index (κ2) is 7.27. The van der Waals surface area contributed by atoms with E-state index in [-0.39, 0.29) is 44.0 Å². The Bertz CT molecular complexity index is 1440. The number of phenols is 1. The minimum absolute atomic E-state index is 0.0208. The fourth-order valence-electron chi connectivity index (χ4n) is 3.23. The third kappa shape index (κ3) is 3.19. The van der Waals surface area contributed by atoms with E-state index in [0.717, 1.165) is 0 Å². The molecule has 10 heteroatoms. The minimum Gasteiger partial charge on any atom is -0.506 e. The topological polar surface area (TPSA) is 136 Å². The quantitative estimate of drug-likeness (QED) is 0.168. The molecule has 0 aromatic heterocycles. The van der Waals surface area contributed by atoms with Crippen molar-refractivity contribution in [2.45, 2.75) is 0 Å². The van der Waals surface area contributed by atoms with Crippen molar-refractivity contribution in [3.63, 3.8) is 0 Å². The summed E-state index contributed by atoms with van der Waals surface area (Å²) < 4.78 is 5.75. The molecule has 0 spiro atoms. The zero-order valence-corrected chi connectivity index (χ0v) is 16.3. The van der Waals surface area contributed by atoms with Gasteiger partial charge in [0.15, 0.2) is 0 Å². The summed E-state index contributed by atoms with van der Waals surface area (Å²) in [7, 11) is 0. The van der Waals surface area contributed by atoms with Crippen LogP contribution in [0.5, 0.6) is 5.75 Å². The van der Waals surface area contributed by atoms with Gasteiger partial charge in [0, 0.05) is 39.2 Å². The first-order valence-corrected chi connectivity index (χ1v) is 9.07. The van der Waals surface area contributed by atoms with Crippen LogP contribution < -0.4 is 5.43 Å². The zero-order chi connectivity index (χ0) is 21.6. The molecule has 2 aliphatic rings. The summed E-state index contributed by atoms with van der Waals surface area (Å²) >= 11 is 12.1. The summed E-state index contributed by atoms with van der Waals surface area (Å²) in [6.07, 6.45) is 0. The molecule has 1 heterocycles. The van der Waals surface area contributed by atoms with Crippen LogP contribution in [0.1, 0.15) is 10.4 Å². The molecular weight excluding hydrogens is 433 g/mol. The highest BCUT2D eigenvalue weighted by molar-refractivity contribution is 6.33. The first-order valence-electron chi connectivity index (χ1n) is 8.31. The molecule has 0 amide bonds. The number of aromatic hydroxyl groups is 1. The number of carboxylic acids is 1. The van der Waals surface area contributed by atoms with Gasteiger partial charge in [-0.1, -0.05) is 40.4 Å². The van der Waals surface area contributed by atoms with Crippen LogP contribution in [0.3, 0.4) is 0 Å². The second-order valence-electron chi connectivity index (χ2n) is 6.28. The second-order valence-corrected chi connectivity index (χ2v) is 7.09. The third-order valence-corrected chi connectivity index (χ3v) is 5.10. The number of nitrogens with zero attached hydrogens (tertiary/aromatic N) is 3. The number of phenolic OH excluding ortho intramolecular Hbond substituents is 1. The van der Waals surface area contributed by atoms with Crippen molar-refractivity contribution in [1.29, 1.82) is 0 Å². The number of aromatic carboxylic acids is 1. The van der Waals surface area contributed by atoms with E-state index in [2.05, 4.69) is 10.0 Å². The summed E-state index contributed by atoms with van der Waals surface area (Å²) in [4.78, 5) is 26.7. The Balaban J connectivity index is 2.23. The fraction of sp³-hybridized carbons (Fsp3) is 0. The van der Waals surface area contributed by atoms with E-state index in [1.807, 2.05) is 0 Å². The highest BCUT2D eigenvalue weighted by atomic mass is 35.5. The Kier molecular flexibility index (Phi) is 4.75. The highest BCUT2D eigenvalue weighted by Gasteiger charge is 2.23. The molecule has 0 fully saturated rings. The van der Waals surface area contributed by atoms with Crippen LogP contribution in [-0.4, -0.2) is 16.2 Å². The van der Waals surface area contributed by atoms with E-state index in [1.54, 1.807) is 0 Å². The Morgan fingerprint density at radius 2 is 1.83 bits per heavy atom. The molecule has 8 nitrogen and oxygen atoms in total. The number of carboxylic acid groups (broad SMARTS) is 1. The zero-order valence-electron chi connectivity index (χ0n) is 14.8. The van der Waals surface area contributed by atoms with Gasteiger partial charge in [-0.15, -0.1) is 0 Å². The molecule has 0 saturated heterocycles. The number of halogens is 2. The lowest BCUT2D eigenvalue weighted by Crippen LogP contribution is -2.04. The lowest BCUT2D eigenvalue weighted by Gasteiger charge is -2.17. The first-order chi connectivity index (χ1) is 14.3. The minimum atomic E-state index is -1.27. The van der Waals surface area contributed by atoms with Crippen molar-refractivity contribution in [1.82, 2.24) is 0 Å². The lowest BCUT2D eigenvalue weighted by atomic mass is 9.90. The van der Waals surface area contributed by atoms with Crippen LogP contribution in [-0.2, 0) is 0 Å². The number of hydrogen-bond acceptors (Lipinski definition) is 5. The van der Waals surface area contributed by atoms with Gasteiger partial charge in [-0.25, -0.2) is 4.79 Å². The number of fused-ring (bicyclic) bond motifs is 2. The lowest BCUT2D eigenvalue weighted by molar-refractivity contribution is 0.0697. The number of carbonyl (C=O) groups is 1. The summed E-state index contributed by atoms with van der Waals surface area (Å²) in [6, 6.07) is 9.42. The maximum Gasteiger partial charge on any atom is 0.336 e. The van der Waals surface area contributed by atoms with Gasteiger partial charge in [0.05, 0.1) is 15.6 Å². The van der Waals surface area contributed by atoms with Crippen LogP contribution in [0.15, 0.2) is 56.8 Å². The smallest absolute Gasteiger partial charge is 0.336 e. The van der Waals surface area contributed by atoms with Crippen molar-refractivity contribution < 1.29 is 19.4 Å². The molecule has 2 aromatic rings. The molecule has 0 bridgehead atoms. The van der Waals surface area contributed by atoms with E-state index in [0.29, 0.717) is 16.5 Å². The van der Waals surface area contributed by atoms with Gasteiger partial charge < -0.3 is 14.6 Å². The van der Waals surface area contributed by atoms with E-state index in [9.17, 15) is 19.8 Å². The van der Waals surface area contributed by atoms with E-state index in [1.165, 1.54) is 42.5 Å². The summed E-state index contributed by atoms with van der Waals surface area (Å²) in [5.41, 5.74) is 9.30. The van der Waals surface area contributed by atoms with Gasteiger partial charge in [-0.2, -0.15) is 0 Å². The van der Waals surface area contributed by atoms with Crippen LogP contribution in [0.4, 0.5) is 5.69 Å². The van der Waals surface area contributed by atoms with Crippen LogP contribution in [0, 0.1) is 0 Å². The number of azide groups is 1. The van der Waals surface area contributed by atoms with Crippen molar-refractivity contribution in [2.24, 2.45) is 5.11 Å². The van der Waals surface area contributed by atoms with Crippen LogP contribution in [0.2, 0.25) is 10.0 Å². The Labute approximate surface area is 177 Å². The molecule has 4 rings (SSSR count). The van der Waals surface area contributed by atoms with Gasteiger partial charge in [-0.3, -0.25) is 4.79 Å². The predicted molar refractivity (Wildman–Crippen MR) is 112 cm³/mol. The largest absolute Gasteiger partial charge is 0.506 e. The average Bonchev–Trinajstić information content (AvgIpc) is 2.69.